The normalized spacial score (nSPS) is 10.5. The molecule has 677 valence electrons. The third-order valence-electron chi connectivity index (χ3n) is 19.0. The third kappa shape index (κ3) is 29.5. The first-order valence-electron chi connectivity index (χ1n) is 39.3. The molecule has 0 amide bonds. The fraction of sp³-hybridized carbons (Fsp3) is 0.270. The van der Waals surface area contributed by atoms with E-state index < -0.39 is 0 Å². The molecule has 0 bridgehead atoms. The summed E-state index contributed by atoms with van der Waals surface area (Å²) in [6.07, 6.45) is -0.0416. The molecule has 10 aromatic carbocycles. The van der Waals surface area contributed by atoms with E-state index in [0.29, 0.717) is 112 Å². The molecular formula is C89H88Cl5N20O12SY5-5. The van der Waals surface area contributed by atoms with Crippen molar-refractivity contribution in [1.29, 1.82) is 0 Å². The zero-order valence-electron chi connectivity index (χ0n) is 75.0. The number of rotatable bonds is 26. The zero-order chi connectivity index (χ0) is 91.4. The van der Waals surface area contributed by atoms with Crippen LogP contribution in [-0.2, 0) is 232 Å². The van der Waals surface area contributed by atoms with Crippen molar-refractivity contribution in [3.8, 4) is 68.7 Å². The van der Waals surface area contributed by atoms with Gasteiger partial charge in [0.05, 0.1) is 52.3 Å². The summed E-state index contributed by atoms with van der Waals surface area (Å²) in [5.74, 6) is 5.45. The molecule has 0 spiro atoms. The van der Waals surface area contributed by atoms with Crippen LogP contribution in [0.1, 0.15) is 94.5 Å². The molecule has 0 unspecified atom stereocenters. The van der Waals surface area contributed by atoms with Crippen LogP contribution in [0.2, 0.25) is 25.1 Å². The molecule has 5 radical (unpaired) electrons. The van der Waals surface area contributed by atoms with Gasteiger partial charge in [0.2, 0.25) is 0 Å². The van der Waals surface area contributed by atoms with Crippen molar-refractivity contribution in [2.75, 3.05) is 12.4 Å². The minimum Gasteiger partial charge on any atom is -0.514 e. The first-order valence-corrected chi connectivity index (χ1v) is 42.2. The van der Waals surface area contributed by atoms with Crippen molar-refractivity contribution < 1.29 is 197 Å². The Bertz CT molecular complexity index is 6420. The van der Waals surface area contributed by atoms with Crippen LogP contribution in [-0.4, -0.2) is 117 Å². The van der Waals surface area contributed by atoms with E-state index >= 15 is 0 Å². The van der Waals surface area contributed by atoms with E-state index in [-0.39, 0.29) is 231 Å². The van der Waals surface area contributed by atoms with Crippen LogP contribution in [0.5, 0.6) is 40.2 Å². The van der Waals surface area contributed by atoms with Crippen molar-refractivity contribution in [2.45, 2.75) is 120 Å². The van der Waals surface area contributed by atoms with Crippen LogP contribution < -0.4 is 61.6 Å². The number of aromatic nitrogens is 20. The Morgan fingerprint density at radius 1 is 0.311 bits per heavy atom. The summed E-state index contributed by atoms with van der Waals surface area (Å²) in [6.45, 7) is 23.0. The number of nitrogens with zero attached hydrogens (tertiary/aromatic N) is 20. The van der Waals surface area contributed by atoms with E-state index in [1.807, 2.05) is 136 Å². The Morgan fingerprint density at radius 2 is 0.553 bits per heavy atom. The zero-order valence-corrected chi connectivity index (χ0v) is 93.8. The molecule has 0 aliphatic heterocycles. The summed E-state index contributed by atoms with van der Waals surface area (Å²) in [6, 6.07) is 59.9. The predicted octanol–water partition coefficient (Wildman–Crippen LogP) is 14.4. The van der Waals surface area contributed by atoms with Gasteiger partial charge < -0.3 is 33.2 Å². The van der Waals surface area contributed by atoms with Gasteiger partial charge in [-0.15, -0.1) is 128 Å². The molecule has 0 atom stereocenters. The number of benzene rings is 10. The van der Waals surface area contributed by atoms with Crippen LogP contribution in [0.15, 0.2) is 181 Å². The molecule has 0 N–H and O–H groups in total. The maximum Gasteiger partial charge on any atom is 0.368 e. The SMILES string of the molecule is CCOc1cccc(-n2nnn(C)c2=O)c1COc1cc(Cl)[c-]cc1C.CCSc1cccc(-n2nnn(C)c2=O)c1COc1cc(Cl)[c-]cc1C.Cc1c[c-]c(Cl)cc1OCc1c(C)cccc1-n1nnn(C)c1=O.Cc1c[c-]c(Cl)cc1OCc1c(C)cccc1-n1nnn(C)c1=O.Cc1c[c-]c(Cl)cc1OCc1c(OC(C)C)cccc1-n1nnn(C)c1=O.[Y].[Y].[Y].[Y].[Y]. The van der Waals surface area contributed by atoms with Crippen LogP contribution >= 0.6 is 69.8 Å². The molecule has 15 aromatic rings. The number of hydrogen-bond donors (Lipinski definition) is 0. The number of tetrazole rings is 5. The average molecular weight is 2280 g/mol. The van der Waals surface area contributed by atoms with Gasteiger partial charge in [0.25, 0.3) is 0 Å². The molecular weight excluding hydrogens is 2190 g/mol. The Morgan fingerprint density at radius 3 is 0.818 bits per heavy atom. The maximum absolute atomic E-state index is 12.3. The summed E-state index contributed by atoms with van der Waals surface area (Å²) in [5, 5.41) is 40.9. The summed E-state index contributed by atoms with van der Waals surface area (Å²) in [7, 11) is 7.77. The van der Waals surface area contributed by atoms with Crippen molar-refractivity contribution in [3.05, 3.63) is 326 Å². The van der Waals surface area contributed by atoms with Gasteiger partial charge in [-0.3, -0.25) is 0 Å². The van der Waals surface area contributed by atoms with E-state index in [1.54, 1.807) is 132 Å². The van der Waals surface area contributed by atoms with Gasteiger partial charge in [0, 0.05) is 249 Å². The van der Waals surface area contributed by atoms with E-state index in [2.05, 4.69) is 89.4 Å². The van der Waals surface area contributed by atoms with Gasteiger partial charge in [-0.25, -0.2) is 24.0 Å². The summed E-state index contributed by atoms with van der Waals surface area (Å²) >= 11 is 31.7. The number of hydrogen-bond acceptors (Lipinski definition) is 23. The molecule has 0 fully saturated rings. The fourth-order valence-electron chi connectivity index (χ4n) is 12.2. The van der Waals surface area contributed by atoms with Crippen LogP contribution in [0, 0.1) is 78.8 Å². The second-order valence-electron chi connectivity index (χ2n) is 28.5. The molecule has 0 saturated heterocycles. The molecule has 32 nitrogen and oxygen atoms in total. The minimum absolute atomic E-state index is 0. The molecule has 5 heterocycles. The predicted molar refractivity (Wildman–Crippen MR) is 483 cm³/mol. The van der Waals surface area contributed by atoms with Crippen molar-refractivity contribution >= 4 is 69.8 Å². The van der Waals surface area contributed by atoms with Gasteiger partial charge in [-0.2, -0.15) is 107 Å². The van der Waals surface area contributed by atoms with Crippen molar-refractivity contribution in [3.63, 3.8) is 0 Å². The number of ether oxygens (including phenoxy) is 7. The molecule has 43 heteroatoms. The molecule has 5 aromatic heterocycles. The van der Waals surface area contributed by atoms with Crippen molar-refractivity contribution in [2.24, 2.45) is 35.2 Å². The summed E-state index contributed by atoms with van der Waals surface area (Å²) in [4.78, 5) is 62.2. The first-order chi connectivity index (χ1) is 60.8. The Balaban J connectivity index is 0.000000252. The Kier molecular flexibility index (Phi) is 46.2. The monoisotopic (exact) mass is 2280 g/mol. The Hall–Kier alpha value is -7.53. The number of aryl methyl sites for hydroxylation is 12. The maximum atomic E-state index is 12.3. The largest absolute Gasteiger partial charge is 0.514 e. The van der Waals surface area contributed by atoms with Crippen LogP contribution in [0.25, 0.3) is 28.4 Å². The van der Waals surface area contributed by atoms with Gasteiger partial charge in [0.15, 0.2) is 0 Å². The molecule has 0 aliphatic rings. The standard InChI is InChI=1S/C19H20ClN4O3.C18H18ClN4O3.C18H18ClN4O2S.2C17H16ClN4O2.5Y/c1-12(2)27-17-7-5-6-16(24-19(25)23(4)21-22-24)15(17)11-26-18-10-14(20)9-8-13(18)3;1-4-25-16-7-5-6-15(23-18(24)22(3)20-21-23)14(16)11-26-17-10-13(19)9-8-12(17)2;1-4-26-17-7-5-6-15(23-18(24)22(3)20-21-23)14(17)11-25-16-10-13(19)9-8-12(16)2;2*1-11-5-4-6-15(22-17(23)21(3)19-20-22)14(11)10-24-16-9-13(18)8-7-12(16)2;;;;;/h5-8,10,12H,11H2,1-4H3;2*5-8,10H,4,11H2,1-3H3;2*4-7,9H,10H2,1-3H3;;;;;/q5*-1;;;;;. The topological polar surface area (TPSA) is 328 Å². The van der Waals surface area contributed by atoms with Crippen molar-refractivity contribution in [1.82, 2.24) is 99.0 Å². The summed E-state index contributed by atoms with van der Waals surface area (Å²) < 4.78 is 53.6. The number of halogens is 5. The van der Waals surface area contributed by atoms with E-state index in [0.717, 1.165) is 75.6 Å². The molecule has 15 rings (SSSR count). The molecule has 132 heavy (non-hydrogen) atoms. The first kappa shape index (κ1) is 113. The van der Waals surface area contributed by atoms with Gasteiger partial charge in [0.1, 0.15) is 44.5 Å². The second kappa shape index (κ2) is 53.8. The van der Waals surface area contributed by atoms with Crippen LogP contribution in [0.4, 0.5) is 0 Å². The van der Waals surface area contributed by atoms with Gasteiger partial charge in [-0.05, 0) is 152 Å². The summed E-state index contributed by atoms with van der Waals surface area (Å²) in [5.41, 5.74) is 12.0. The smallest absolute Gasteiger partial charge is 0.368 e. The average Bonchev–Trinajstić information content (AvgIpc) is 1.59. The third-order valence-corrected chi connectivity index (χ3v) is 21.1. The Labute approximate surface area is 916 Å². The van der Waals surface area contributed by atoms with E-state index in [4.69, 9.17) is 91.2 Å². The second-order valence-corrected chi connectivity index (χ2v) is 31.8. The number of thioether (sulfide) groups is 1. The molecule has 0 aliphatic carbocycles. The van der Waals surface area contributed by atoms with Gasteiger partial charge >= 0.3 is 28.4 Å². The van der Waals surface area contributed by atoms with Crippen LogP contribution in [0.3, 0.4) is 0 Å². The van der Waals surface area contributed by atoms with E-state index in [9.17, 15) is 24.0 Å². The van der Waals surface area contributed by atoms with Gasteiger partial charge in [-0.1, -0.05) is 109 Å². The fourth-order valence-corrected chi connectivity index (χ4v) is 13.8. The molecule has 0 saturated carbocycles. The van der Waals surface area contributed by atoms with E-state index in [1.165, 1.54) is 37.5 Å². The quantitative estimate of drug-likeness (QED) is 0.0359. The minimum atomic E-state index is -0.355.